The summed E-state index contributed by atoms with van der Waals surface area (Å²) in [6, 6.07) is 0. The monoisotopic (exact) mass is 438 g/mol. The van der Waals surface area contributed by atoms with E-state index < -0.39 is 0 Å². The molecule has 0 bridgehead atoms. The van der Waals surface area contributed by atoms with Gasteiger partial charge in [0.05, 0.1) is 11.3 Å². The van der Waals surface area contributed by atoms with Crippen molar-refractivity contribution in [1.29, 1.82) is 0 Å². The van der Waals surface area contributed by atoms with E-state index in [0.29, 0.717) is 30.5 Å². The molecule has 1 unspecified atom stereocenters. The zero-order valence-electron chi connectivity index (χ0n) is 18.0. The average Bonchev–Trinajstić information content (AvgIpc) is 2.72. The van der Waals surface area contributed by atoms with Crippen LogP contribution in [0.3, 0.4) is 0 Å². The number of carbonyl (C=O) groups is 1. The Morgan fingerprint density at radius 3 is 2.66 bits per heavy atom. The maximum absolute atomic E-state index is 12.1. The van der Waals surface area contributed by atoms with Gasteiger partial charge in [-0.15, -0.1) is 11.8 Å². The number of rotatable bonds is 10. The second-order valence-electron chi connectivity index (χ2n) is 7.40. The third kappa shape index (κ3) is 5.47. The number of anilines is 1. The Morgan fingerprint density at radius 1 is 1.41 bits per heavy atom. The van der Waals surface area contributed by atoms with Gasteiger partial charge >= 0.3 is 0 Å². The first-order valence-electron chi connectivity index (χ1n) is 10.3. The summed E-state index contributed by atoms with van der Waals surface area (Å²) in [5.74, 6) is 4.76. The van der Waals surface area contributed by atoms with Gasteiger partial charge in [0.1, 0.15) is 11.6 Å². The number of carbonyl (C=O) groups excluding carboxylic acids is 1. The number of hydrogen-bond donors (Lipinski definition) is 2. The van der Waals surface area contributed by atoms with Gasteiger partial charge < -0.3 is 15.7 Å². The lowest BCUT2D eigenvalue weighted by Gasteiger charge is -2.46. The van der Waals surface area contributed by atoms with Crippen LogP contribution in [-0.4, -0.2) is 55.0 Å². The molecule has 1 saturated heterocycles. The van der Waals surface area contributed by atoms with Gasteiger partial charge in [-0.1, -0.05) is 26.7 Å². The first-order valence-corrected chi connectivity index (χ1v) is 12.4. The Labute approximate surface area is 183 Å². The highest BCUT2D eigenvalue weighted by molar-refractivity contribution is 8.07. The maximum atomic E-state index is 12.1. The molecule has 3 N–H and O–H groups in total. The van der Waals surface area contributed by atoms with Crippen molar-refractivity contribution in [2.75, 3.05) is 29.6 Å². The predicted octanol–water partition coefficient (Wildman–Crippen LogP) is 3.64. The van der Waals surface area contributed by atoms with Crippen LogP contribution in [0.1, 0.15) is 51.4 Å². The van der Waals surface area contributed by atoms with Crippen molar-refractivity contribution in [2.45, 2.75) is 58.2 Å². The molecule has 29 heavy (non-hydrogen) atoms. The number of thioether (sulfide) groups is 2. The van der Waals surface area contributed by atoms with Crippen LogP contribution in [0.4, 0.5) is 5.82 Å². The van der Waals surface area contributed by atoms with Crippen LogP contribution in [0.5, 0.6) is 0 Å². The lowest BCUT2D eigenvalue weighted by atomic mass is 9.80. The number of nitrogens with zero attached hydrogens (tertiary/aromatic N) is 3. The number of aromatic nitrogens is 2. The van der Waals surface area contributed by atoms with E-state index in [0.717, 1.165) is 47.8 Å². The van der Waals surface area contributed by atoms with Crippen LogP contribution in [0, 0.1) is 12.8 Å². The van der Waals surface area contributed by atoms with Crippen LogP contribution in [0.2, 0.25) is 0 Å². The van der Waals surface area contributed by atoms with Crippen LogP contribution in [0.25, 0.3) is 0 Å². The molecule has 0 spiro atoms. The standard InChI is InChI=1S/C21H34N4O2S2/c1-5-18(6-2)21(13-28-9-10-29-21)19(7-8-26)15(3)25(14-27)12-17-11-23-16(4)24-20(17)22/h11,14,18,26H,5-10,12-13H2,1-4H3,(H2,22,23,24)/b19-15-. The van der Waals surface area contributed by atoms with Gasteiger partial charge in [-0.05, 0) is 31.8 Å². The summed E-state index contributed by atoms with van der Waals surface area (Å²) in [7, 11) is 0. The number of aliphatic hydroxyl groups excluding tert-OH is 1. The molecular weight excluding hydrogens is 404 g/mol. The van der Waals surface area contributed by atoms with Gasteiger partial charge in [0.2, 0.25) is 6.41 Å². The molecule has 1 aliphatic rings. The fourth-order valence-electron chi connectivity index (χ4n) is 4.19. The molecule has 1 fully saturated rings. The highest BCUT2D eigenvalue weighted by Crippen LogP contribution is 2.50. The zero-order chi connectivity index (χ0) is 21.4. The molecule has 0 aliphatic carbocycles. The largest absolute Gasteiger partial charge is 0.396 e. The van der Waals surface area contributed by atoms with Gasteiger partial charge in [0, 0.05) is 41.3 Å². The lowest BCUT2D eigenvalue weighted by molar-refractivity contribution is -0.117. The number of allylic oxidation sites excluding steroid dienone is 1. The number of aryl methyl sites for hydroxylation is 1. The fourth-order valence-corrected chi connectivity index (χ4v) is 7.79. The van der Waals surface area contributed by atoms with Gasteiger partial charge in [0.15, 0.2) is 0 Å². The molecule has 6 nitrogen and oxygen atoms in total. The van der Waals surface area contributed by atoms with E-state index in [1.165, 1.54) is 5.57 Å². The Balaban J connectivity index is 2.49. The van der Waals surface area contributed by atoms with Crippen molar-refractivity contribution >= 4 is 35.8 Å². The molecule has 1 atom stereocenters. The molecule has 2 rings (SSSR count). The summed E-state index contributed by atoms with van der Waals surface area (Å²) in [5, 5.41) is 9.88. The van der Waals surface area contributed by atoms with Gasteiger partial charge in [0.25, 0.3) is 0 Å². The number of amides is 1. The van der Waals surface area contributed by atoms with E-state index >= 15 is 0 Å². The summed E-state index contributed by atoms with van der Waals surface area (Å²) >= 11 is 3.98. The number of nitrogen functional groups attached to an aromatic ring is 1. The molecule has 162 valence electrons. The molecule has 0 radical (unpaired) electrons. The smallest absolute Gasteiger partial charge is 0.214 e. The Kier molecular flexibility index (Phi) is 9.30. The summed E-state index contributed by atoms with van der Waals surface area (Å²) in [6.07, 6.45) is 5.26. The van der Waals surface area contributed by atoms with E-state index in [2.05, 4.69) is 23.8 Å². The predicted molar refractivity (Wildman–Crippen MR) is 124 cm³/mol. The Bertz CT molecular complexity index is 717. The summed E-state index contributed by atoms with van der Waals surface area (Å²) < 4.78 is -0.0597. The molecular formula is C21H34N4O2S2. The third-order valence-corrected chi connectivity index (χ3v) is 9.02. The second-order valence-corrected chi connectivity index (χ2v) is 9.93. The van der Waals surface area contributed by atoms with Crippen molar-refractivity contribution in [3.8, 4) is 0 Å². The number of hydrogen-bond acceptors (Lipinski definition) is 7. The summed E-state index contributed by atoms with van der Waals surface area (Å²) in [6.45, 7) is 8.66. The molecule has 1 aliphatic heterocycles. The van der Waals surface area contributed by atoms with Gasteiger partial charge in [-0.3, -0.25) is 4.79 Å². The first-order chi connectivity index (χ1) is 13.9. The quantitative estimate of drug-likeness (QED) is 0.539. The summed E-state index contributed by atoms with van der Waals surface area (Å²) in [5.41, 5.74) is 8.89. The van der Waals surface area contributed by atoms with Crippen molar-refractivity contribution in [3.05, 3.63) is 28.9 Å². The van der Waals surface area contributed by atoms with E-state index in [4.69, 9.17) is 5.73 Å². The summed E-state index contributed by atoms with van der Waals surface area (Å²) in [4.78, 5) is 22.2. The fraction of sp³-hybridized carbons (Fsp3) is 0.667. The number of nitrogens with two attached hydrogens (primary N) is 1. The van der Waals surface area contributed by atoms with Crippen molar-refractivity contribution < 1.29 is 9.90 Å². The number of aliphatic hydroxyl groups is 1. The van der Waals surface area contributed by atoms with E-state index in [-0.39, 0.29) is 11.4 Å². The SMILES string of the molecule is CCC(CC)C1(/C(CCO)=C(/C)N(C=O)Cc2cnc(C)nc2N)CSCCS1. The van der Waals surface area contributed by atoms with Gasteiger partial charge in [-0.2, -0.15) is 11.8 Å². The molecule has 1 aromatic heterocycles. The van der Waals surface area contributed by atoms with Gasteiger partial charge in [-0.25, -0.2) is 9.97 Å². The van der Waals surface area contributed by atoms with Crippen LogP contribution >= 0.6 is 23.5 Å². The molecule has 8 heteroatoms. The highest BCUT2D eigenvalue weighted by atomic mass is 32.2. The molecule has 0 aromatic carbocycles. The van der Waals surface area contributed by atoms with Crippen LogP contribution < -0.4 is 5.73 Å². The molecule has 2 heterocycles. The third-order valence-electron chi connectivity index (χ3n) is 5.78. The first kappa shape index (κ1) is 24.0. The zero-order valence-corrected chi connectivity index (χ0v) is 19.6. The maximum Gasteiger partial charge on any atom is 0.214 e. The topological polar surface area (TPSA) is 92.3 Å². The van der Waals surface area contributed by atoms with Crippen LogP contribution in [0.15, 0.2) is 17.5 Å². The van der Waals surface area contributed by atoms with Crippen LogP contribution in [-0.2, 0) is 11.3 Å². The normalized spacial score (nSPS) is 20.5. The Morgan fingerprint density at radius 2 is 2.14 bits per heavy atom. The van der Waals surface area contributed by atoms with Crippen molar-refractivity contribution in [2.24, 2.45) is 5.92 Å². The second kappa shape index (κ2) is 11.2. The molecule has 1 aromatic rings. The average molecular weight is 439 g/mol. The van der Waals surface area contributed by atoms with E-state index in [1.54, 1.807) is 18.0 Å². The van der Waals surface area contributed by atoms with E-state index in [1.807, 2.05) is 30.4 Å². The minimum atomic E-state index is -0.0597. The minimum Gasteiger partial charge on any atom is -0.396 e. The molecule has 0 saturated carbocycles. The molecule has 1 amide bonds. The minimum absolute atomic E-state index is 0.0597. The Hall–Kier alpha value is -1.25. The van der Waals surface area contributed by atoms with E-state index in [9.17, 15) is 9.90 Å². The lowest BCUT2D eigenvalue weighted by Crippen LogP contribution is -2.44. The van der Waals surface area contributed by atoms with Crippen molar-refractivity contribution in [1.82, 2.24) is 14.9 Å². The van der Waals surface area contributed by atoms with Crippen molar-refractivity contribution in [3.63, 3.8) is 0 Å². The highest BCUT2D eigenvalue weighted by Gasteiger charge is 2.43.